The minimum Gasteiger partial charge on any atom is -0.394 e. The van der Waals surface area contributed by atoms with Crippen LogP contribution in [0.3, 0.4) is 0 Å². The first-order valence-corrected chi connectivity index (χ1v) is 5.85. The molecule has 6 nitrogen and oxygen atoms in total. The van der Waals surface area contributed by atoms with Gasteiger partial charge in [-0.2, -0.15) is 0 Å². The van der Waals surface area contributed by atoms with E-state index in [1.54, 1.807) is 38.1 Å². The first-order valence-electron chi connectivity index (χ1n) is 5.85. The highest BCUT2D eigenvalue weighted by Gasteiger charge is 2.21. The molecule has 0 fully saturated rings. The number of hydrogen-bond donors (Lipinski definition) is 3. The van der Waals surface area contributed by atoms with Crippen LogP contribution in [0.1, 0.15) is 24.5 Å². The van der Waals surface area contributed by atoms with E-state index in [1.807, 2.05) is 0 Å². The van der Waals surface area contributed by atoms with Crippen LogP contribution in [0.25, 0.3) is 10.9 Å². The fourth-order valence-corrected chi connectivity index (χ4v) is 1.60. The normalized spacial score (nSPS) is 11.5. The van der Waals surface area contributed by atoms with Gasteiger partial charge in [-0.05, 0) is 26.0 Å². The zero-order valence-corrected chi connectivity index (χ0v) is 10.7. The summed E-state index contributed by atoms with van der Waals surface area (Å²) >= 11 is 0. The van der Waals surface area contributed by atoms with Crippen LogP contribution in [-0.4, -0.2) is 33.1 Å². The highest BCUT2D eigenvalue weighted by molar-refractivity contribution is 5.93. The minimum absolute atomic E-state index is 0.0646. The Morgan fingerprint density at radius 3 is 2.79 bits per heavy atom. The van der Waals surface area contributed by atoms with Gasteiger partial charge in [-0.15, -0.1) is 0 Å². The number of hydrogen-bond acceptors (Lipinski definition) is 4. The second-order valence-corrected chi connectivity index (χ2v) is 4.93. The van der Waals surface area contributed by atoms with Gasteiger partial charge in [0.2, 0.25) is 0 Å². The fraction of sp³-hybridized carbons (Fsp3) is 0.308. The molecule has 6 heteroatoms. The lowest BCUT2D eigenvalue weighted by atomic mass is 10.1. The molecule has 0 radical (unpaired) electrons. The molecule has 2 aromatic rings. The predicted molar refractivity (Wildman–Crippen MR) is 71.0 cm³/mol. The van der Waals surface area contributed by atoms with Gasteiger partial charge in [0.25, 0.3) is 11.5 Å². The third-order valence-corrected chi connectivity index (χ3v) is 2.68. The molecule has 0 aliphatic rings. The Hall–Kier alpha value is -2.21. The summed E-state index contributed by atoms with van der Waals surface area (Å²) in [6.45, 7) is 3.13. The van der Waals surface area contributed by atoms with Gasteiger partial charge >= 0.3 is 0 Å². The Bertz CT molecular complexity index is 676. The molecule has 1 aromatic carbocycles. The zero-order chi connectivity index (χ0) is 14.0. The summed E-state index contributed by atoms with van der Waals surface area (Å²) in [5.74, 6) is -0.591. The van der Waals surface area contributed by atoms with Crippen LogP contribution < -0.4 is 10.9 Å². The topological polar surface area (TPSA) is 95.1 Å². The number of benzene rings is 1. The van der Waals surface area contributed by atoms with Crippen molar-refractivity contribution in [1.29, 1.82) is 0 Å². The van der Waals surface area contributed by atoms with E-state index in [-0.39, 0.29) is 18.0 Å². The molecule has 2 rings (SSSR count). The maximum absolute atomic E-state index is 12.0. The van der Waals surface area contributed by atoms with E-state index in [4.69, 9.17) is 5.11 Å². The van der Waals surface area contributed by atoms with Crippen molar-refractivity contribution >= 4 is 16.8 Å². The number of carbonyl (C=O) groups excluding carboxylic acids is 1. The summed E-state index contributed by atoms with van der Waals surface area (Å²) in [4.78, 5) is 30.3. The van der Waals surface area contributed by atoms with Crippen LogP contribution in [0.15, 0.2) is 29.1 Å². The number of aliphatic hydroxyl groups excluding tert-OH is 1. The van der Waals surface area contributed by atoms with Crippen molar-refractivity contribution in [3.63, 3.8) is 0 Å². The van der Waals surface area contributed by atoms with E-state index in [2.05, 4.69) is 15.3 Å². The smallest absolute Gasteiger partial charge is 0.287 e. The molecular weight excluding hydrogens is 246 g/mol. The lowest BCUT2D eigenvalue weighted by molar-refractivity contribution is 0.0859. The summed E-state index contributed by atoms with van der Waals surface area (Å²) in [6, 6.07) is 6.78. The number of carbonyl (C=O) groups is 1. The Kier molecular flexibility index (Phi) is 3.35. The van der Waals surface area contributed by atoms with Crippen molar-refractivity contribution in [2.24, 2.45) is 0 Å². The minimum atomic E-state index is -0.776. The first kappa shape index (κ1) is 13.2. The maximum atomic E-state index is 12.0. The van der Waals surface area contributed by atoms with E-state index < -0.39 is 11.4 Å². The number of aromatic nitrogens is 2. The zero-order valence-electron chi connectivity index (χ0n) is 10.7. The Morgan fingerprint density at radius 1 is 1.42 bits per heavy atom. The average Bonchev–Trinajstić information content (AvgIpc) is 2.38. The molecule has 1 heterocycles. The van der Waals surface area contributed by atoms with Gasteiger partial charge in [0.1, 0.15) is 0 Å². The van der Waals surface area contributed by atoms with Crippen LogP contribution in [0, 0.1) is 0 Å². The van der Waals surface area contributed by atoms with Gasteiger partial charge in [-0.1, -0.05) is 12.1 Å². The SMILES string of the molecule is CC(C)(CO)NC(=O)c1nc2ccccc2c(=O)[nH]1. The third-order valence-electron chi connectivity index (χ3n) is 2.68. The molecule has 0 atom stereocenters. The van der Waals surface area contributed by atoms with Crippen LogP contribution >= 0.6 is 0 Å². The van der Waals surface area contributed by atoms with Crippen LogP contribution in [0.2, 0.25) is 0 Å². The molecule has 0 aliphatic carbocycles. The summed E-state index contributed by atoms with van der Waals surface area (Å²) in [6.07, 6.45) is 0. The van der Waals surface area contributed by atoms with Gasteiger partial charge in [0.15, 0.2) is 5.82 Å². The number of nitrogens with zero attached hydrogens (tertiary/aromatic N) is 1. The van der Waals surface area contributed by atoms with E-state index in [0.717, 1.165) is 0 Å². The van der Waals surface area contributed by atoms with Crippen LogP contribution in [-0.2, 0) is 0 Å². The second-order valence-electron chi connectivity index (χ2n) is 4.93. The molecule has 100 valence electrons. The van der Waals surface area contributed by atoms with Crippen LogP contribution in [0.4, 0.5) is 0 Å². The molecule has 3 N–H and O–H groups in total. The molecule has 0 bridgehead atoms. The predicted octanol–water partition coefficient (Wildman–Crippen LogP) is 0.424. The van der Waals surface area contributed by atoms with E-state index in [0.29, 0.717) is 10.9 Å². The molecule has 0 aliphatic heterocycles. The van der Waals surface area contributed by atoms with Crippen molar-refractivity contribution in [2.75, 3.05) is 6.61 Å². The first-order chi connectivity index (χ1) is 8.93. The number of aromatic amines is 1. The quantitative estimate of drug-likeness (QED) is 0.746. The highest BCUT2D eigenvalue weighted by Crippen LogP contribution is 2.07. The van der Waals surface area contributed by atoms with E-state index >= 15 is 0 Å². The van der Waals surface area contributed by atoms with Crippen LogP contribution in [0.5, 0.6) is 0 Å². The van der Waals surface area contributed by atoms with Crippen molar-refractivity contribution < 1.29 is 9.90 Å². The van der Waals surface area contributed by atoms with Gasteiger partial charge in [-0.3, -0.25) is 9.59 Å². The summed E-state index contributed by atoms with van der Waals surface area (Å²) < 4.78 is 0. The molecular formula is C13H15N3O3. The monoisotopic (exact) mass is 261 g/mol. The van der Waals surface area contributed by atoms with Gasteiger partial charge in [0, 0.05) is 0 Å². The lowest BCUT2D eigenvalue weighted by Gasteiger charge is -2.22. The highest BCUT2D eigenvalue weighted by atomic mass is 16.3. The molecule has 0 saturated heterocycles. The Labute approximate surface area is 109 Å². The maximum Gasteiger partial charge on any atom is 0.287 e. The Balaban J connectivity index is 2.41. The molecule has 1 aromatic heterocycles. The largest absolute Gasteiger partial charge is 0.394 e. The molecule has 0 spiro atoms. The summed E-state index contributed by atoms with van der Waals surface area (Å²) in [5, 5.41) is 12.1. The number of amides is 1. The average molecular weight is 261 g/mol. The number of rotatable bonds is 3. The number of H-pyrrole nitrogens is 1. The number of para-hydroxylation sites is 1. The second kappa shape index (κ2) is 4.81. The van der Waals surface area contributed by atoms with Gasteiger partial charge in [0.05, 0.1) is 23.0 Å². The van der Waals surface area contributed by atoms with Crippen molar-refractivity contribution in [1.82, 2.24) is 15.3 Å². The fourth-order valence-electron chi connectivity index (χ4n) is 1.60. The van der Waals surface area contributed by atoms with E-state index in [9.17, 15) is 9.59 Å². The summed E-state index contributed by atoms with van der Waals surface area (Å²) in [7, 11) is 0. The molecule has 0 unspecified atom stereocenters. The summed E-state index contributed by atoms with van der Waals surface area (Å²) in [5.41, 5.74) is -0.683. The Morgan fingerprint density at radius 2 is 2.11 bits per heavy atom. The van der Waals surface area contributed by atoms with Crippen molar-refractivity contribution in [3.8, 4) is 0 Å². The molecule has 0 saturated carbocycles. The van der Waals surface area contributed by atoms with E-state index in [1.165, 1.54) is 0 Å². The van der Waals surface area contributed by atoms with Crippen molar-refractivity contribution in [3.05, 3.63) is 40.4 Å². The molecule has 19 heavy (non-hydrogen) atoms. The van der Waals surface area contributed by atoms with Gasteiger partial charge in [-0.25, -0.2) is 4.98 Å². The number of aliphatic hydroxyl groups is 1. The standard InChI is InChI=1S/C13H15N3O3/c1-13(2,7-17)16-12(19)10-14-9-6-4-3-5-8(9)11(18)15-10/h3-6,17H,7H2,1-2H3,(H,16,19)(H,14,15,18). The van der Waals surface area contributed by atoms with Crippen molar-refractivity contribution in [2.45, 2.75) is 19.4 Å². The van der Waals surface area contributed by atoms with Gasteiger partial charge < -0.3 is 15.4 Å². The number of nitrogens with one attached hydrogen (secondary N) is 2. The third kappa shape index (κ3) is 2.79. The number of fused-ring (bicyclic) bond motifs is 1. The molecule has 1 amide bonds. The lowest BCUT2D eigenvalue weighted by Crippen LogP contribution is -2.47.